The molecule has 5 nitrogen and oxygen atoms in total. The molecule has 3 rings (SSSR count). The summed E-state index contributed by atoms with van der Waals surface area (Å²) in [6.07, 6.45) is 0.359. The summed E-state index contributed by atoms with van der Waals surface area (Å²) in [7, 11) is 0. The van der Waals surface area contributed by atoms with Gasteiger partial charge in [-0.2, -0.15) is 5.06 Å². The molecule has 1 atom stereocenters. The predicted molar refractivity (Wildman–Crippen MR) is 78.9 cm³/mol. The van der Waals surface area contributed by atoms with Crippen LogP contribution < -0.4 is 15.5 Å². The fraction of sp³-hybridized carbons (Fsp3) is 0.133. The lowest BCUT2D eigenvalue weighted by molar-refractivity contribution is -0.125. The lowest BCUT2D eigenvalue weighted by Crippen LogP contribution is -2.47. The van der Waals surface area contributed by atoms with Gasteiger partial charge in [0.2, 0.25) is 0 Å². The van der Waals surface area contributed by atoms with Gasteiger partial charge >= 0.3 is 0 Å². The Kier molecular flexibility index (Phi) is 3.55. The Labute approximate surface area is 126 Å². The summed E-state index contributed by atoms with van der Waals surface area (Å²) >= 11 is 5.91. The van der Waals surface area contributed by atoms with Gasteiger partial charge in [0.05, 0.1) is 11.7 Å². The van der Waals surface area contributed by atoms with Crippen molar-refractivity contribution in [2.45, 2.75) is 12.5 Å². The van der Waals surface area contributed by atoms with Gasteiger partial charge in [0.1, 0.15) is 11.5 Å². The van der Waals surface area contributed by atoms with Gasteiger partial charge < -0.3 is 10.5 Å². The van der Waals surface area contributed by atoms with Crippen molar-refractivity contribution in [2.75, 3.05) is 5.06 Å². The molecule has 1 aliphatic rings. The summed E-state index contributed by atoms with van der Waals surface area (Å²) in [5.41, 5.74) is 6.88. The Morgan fingerprint density at radius 3 is 2.76 bits per heavy atom. The van der Waals surface area contributed by atoms with Crippen molar-refractivity contribution in [1.82, 2.24) is 0 Å². The first-order chi connectivity index (χ1) is 10.0. The molecule has 1 unspecified atom stereocenters. The third kappa shape index (κ3) is 2.71. The maximum absolute atomic E-state index is 11.6. The lowest BCUT2D eigenvalue weighted by atomic mass is 9.99. The number of hydroxylamine groups is 1. The molecule has 1 aliphatic heterocycles. The second-order valence-electron chi connectivity index (χ2n) is 4.81. The van der Waals surface area contributed by atoms with E-state index >= 15 is 0 Å². The molecule has 0 aliphatic carbocycles. The van der Waals surface area contributed by atoms with Gasteiger partial charge in [-0.1, -0.05) is 17.7 Å². The molecule has 0 spiro atoms. The molecule has 21 heavy (non-hydrogen) atoms. The summed E-state index contributed by atoms with van der Waals surface area (Å²) in [4.78, 5) is 11.6. The quantitative estimate of drug-likeness (QED) is 0.837. The number of benzene rings is 2. The van der Waals surface area contributed by atoms with Crippen LogP contribution in [0.3, 0.4) is 0 Å². The zero-order valence-electron chi connectivity index (χ0n) is 11.0. The Hall–Kier alpha value is -2.08. The van der Waals surface area contributed by atoms with Crippen molar-refractivity contribution in [2.24, 2.45) is 5.73 Å². The maximum atomic E-state index is 11.6. The summed E-state index contributed by atoms with van der Waals surface area (Å²) in [5, 5.41) is 10.9. The molecule has 0 saturated carbocycles. The number of carbonyl (C=O) groups is 1. The SMILES string of the molecule is NC1Cc2cc(Oc3cccc(Cl)c3)ccc2N(O)C1=O. The Morgan fingerprint density at radius 1 is 1.24 bits per heavy atom. The van der Waals surface area contributed by atoms with Gasteiger partial charge in [0.15, 0.2) is 0 Å². The van der Waals surface area contributed by atoms with Gasteiger partial charge in [0, 0.05) is 5.02 Å². The molecular weight excluding hydrogens is 292 g/mol. The van der Waals surface area contributed by atoms with Crippen molar-refractivity contribution in [3.8, 4) is 11.5 Å². The highest BCUT2D eigenvalue weighted by Gasteiger charge is 2.29. The molecule has 0 saturated heterocycles. The van der Waals surface area contributed by atoms with Crippen LogP contribution in [-0.2, 0) is 11.2 Å². The zero-order valence-corrected chi connectivity index (χ0v) is 11.7. The van der Waals surface area contributed by atoms with Crippen LogP contribution in [0.25, 0.3) is 0 Å². The van der Waals surface area contributed by atoms with Crippen molar-refractivity contribution >= 4 is 23.2 Å². The number of anilines is 1. The molecule has 3 N–H and O–H groups in total. The van der Waals surface area contributed by atoms with Gasteiger partial charge in [-0.15, -0.1) is 0 Å². The van der Waals surface area contributed by atoms with Crippen LogP contribution in [0.1, 0.15) is 5.56 Å². The number of carbonyl (C=O) groups excluding carboxylic acids is 1. The number of ether oxygens (including phenoxy) is 1. The minimum Gasteiger partial charge on any atom is -0.457 e. The van der Waals surface area contributed by atoms with E-state index < -0.39 is 11.9 Å². The van der Waals surface area contributed by atoms with Crippen LogP contribution in [0.5, 0.6) is 11.5 Å². The van der Waals surface area contributed by atoms with Crippen LogP contribution in [0, 0.1) is 0 Å². The number of amides is 1. The molecule has 0 radical (unpaired) electrons. The lowest BCUT2D eigenvalue weighted by Gasteiger charge is -2.27. The summed E-state index contributed by atoms with van der Waals surface area (Å²) < 4.78 is 5.71. The molecule has 0 bridgehead atoms. The fourth-order valence-corrected chi connectivity index (χ4v) is 2.44. The predicted octanol–water partition coefficient (Wildman–Crippen LogP) is 2.74. The van der Waals surface area contributed by atoms with E-state index in [4.69, 9.17) is 22.1 Å². The second-order valence-corrected chi connectivity index (χ2v) is 5.25. The first-order valence-electron chi connectivity index (χ1n) is 6.39. The minimum atomic E-state index is -0.746. The van der Waals surface area contributed by atoms with E-state index in [1.165, 1.54) is 0 Å². The molecule has 2 aromatic carbocycles. The van der Waals surface area contributed by atoms with Crippen LogP contribution in [0.4, 0.5) is 5.69 Å². The standard InChI is InChI=1S/C15H13ClN2O3/c16-10-2-1-3-11(8-10)21-12-4-5-14-9(6-12)7-13(17)15(19)18(14)20/h1-6,8,13,20H,7,17H2. The van der Waals surface area contributed by atoms with Gasteiger partial charge in [-0.05, 0) is 48.4 Å². The van der Waals surface area contributed by atoms with E-state index in [0.717, 1.165) is 5.56 Å². The highest BCUT2D eigenvalue weighted by Crippen LogP contribution is 2.32. The van der Waals surface area contributed by atoms with E-state index in [1.54, 1.807) is 42.5 Å². The highest BCUT2D eigenvalue weighted by molar-refractivity contribution is 6.30. The van der Waals surface area contributed by atoms with Gasteiger partial charge in [-0.3, -0.25) is 10.0 Å². The number of rotatable bonds is 2. The maximum Gasteiger partial charge on any atom is 0.267 e. The van der Waals surface area contributed by atoms with E-state index in [-0.39, 0.29) is 0 Å². The molecular formula is C15H13ClN2O3. The average Bonchev–Trinajstić information content (AvgIpc) is 2.45. The largest absolute Gasteiger partial charge is 0.457 e. The van der Waals surface area contributed by atoms with E-state index in [0.29, 0.717) is 33.7 Å². The third-order valence-corrected chi connectivity index (χ3v) is 3.51. The van der Waals surface area contributed by atoms with Crippen LogP contribution >= 0.6 is 11.6 Å². The topological polar surface area (TPSA) is 75.8 Å². The third-order valence-electron chi connectivity index (χ3n) is 3.28. The van der Waals surface area contributed by atoms with E-state index in [9.17, 15) is 10.0 Å². The Balaban J connectivity index is 1.90. The molecule has 1 amide bonds. The first-order valence-corrected chi connectivity index (χ1v) is 6.77. The molecule has 0 fully saturated rings. The van der Waals surface area contributed by atoms with Crippen molar-refractivity contribution in [1.29, 1.82) is 0 Å². The molecule has 6 heteroatoms. The number of hydrogen-bond acceptors (Lipinski definition) is 4. The normalized spacial score (nSPS) is 17.6. The van der Waals surface area contributed by atoms with Crippen LogP contribution in [-0.4, -0.2) is 17.2 Å². The fourth-order valence-electron chi connectivity index (χ4n) is 2.26. The minimum absolute atomic E-state index is 0.359. The molecule has 2 aromatic rings. The second kappa shape index (κ2) is 5.37. The summed E-state index contributed by atoms with van der Waals surface area (Å²) in [6.45, 7) is 0. The van der Waals surface area contributed by atoms with Crippen LogP contribution in [0.2, 0.25) is 5.02 Å². The average molecular weight is 305 g/mol. The van der Waals surface area contributed by atoms with Gasteiger partial charge in [-0.25, -0.2) is 0 Å². The summed E-state index contributed by atoms with van der Waals surface area (Å²) in [5.74, 6) is 0.691. The highest BCUT2D eigenvalue weighted by atomic mass is 35.5. The van der Waals surface area contributed by atoms with Gasteiger partial charge in [0.25, 0.3) is 5.91 Å². The Bertz CT molecular complexity index is 705. The monoisotopic (exact) mass is 304 g/mol. The number of halogens is 1. The van der Waals surface area contributed by atoms with E-state index in [1.807, 2.05) is 0 Å². The Morgan fingerprint density at radius 2 is 2.00 bits per heavy atom. The van der Waals surface area contributed by atoms with E-state index in [2.05, 4.69) is 0 Å². The zero-order chi connectivity index (χ0) is 15.0. The number of hydrogen-bond donors (Lipinski definition) is 2. The van der Waals surface area contributed by atoms with Crippen molar-refractivity contribution in [3.05, 3.63) is 53.1 Å². The number of nitrogens with zero attached hydrogens (tertiary/aromatic N) is 1. The van der Waals surface area contributed by atoms with Crippen molar-refractivity contribution < 1.29 is 14.7 Å². The smallest absolute Gasteiger partial charge is 0.267 e. The number of nitrogens with two attached hydrogens (primary N) is 1. The molecule has 108 valence electrons. The molecule has 1 heterocycles. The first kappa shape index (κ1) is 13.9. The molecule has 0 aromatic heterocycles. The summed E-state index contributed by atoms with van der Waals surface area (Å²) in [6, 6.07) is 11.4. The number of fused-ring (bicyclic) bond motifs is 1. The van der Waals surface area contributed by atoms with Crippen LogP contribution in [0.15, 0.2) is 42.5 Å². The van der Waals surface area contributed by atoms with Crippen molar-refractivity contribution in [3.63, 3.8) is 0 Å².